The summed E-state index contributed by atoms with van der Waals surface area (Å²) in [6.45, 7) is 3.75. The van der Waals surface area contributed by atoms with Crippen LogP contribution in [0.3, 0.4) is 0 Å². The van der Waals surface area contributed by atoms with Gasteiger partial charge in [-0.05, 0) is 36.2 Å². The number of hydrogen-bond acceptors (Lipinski definition) is 3. The monoisotopic (exact) mass is 379 g/mol. The summed E-state index contributed by atoms with van der Waals surface area (Å²) in [6.07, 6.45) is 1.65. The Hall–Kier alpha value is -2.85. The molecule has 2 aromatic carbocycles. The van der Waals surface area contributed by atoms with Crippen molar-refractivity contribution in [2.24, 2.45) is 0 Å². The predicted molar refractivity (Wildman–Crippen MR) is 110 cm³/mol. The lowest BCUT2D eigenvalue weighted by molar-refractivity contribution is 0.0752. The molecule has 1 heterocycles. The van der Waals surface area contributed by atoms with Crippen LogP contribution in [-0.4, -0.2) is 22.3 Å². The zero-order valence-corrected chi connectivity index (χ0v) is 16.0. The molecule has 0 saturated heterocycles. The Morgan fingerprint density at radius 2 is 1.81 bits per heavy atom. The Morgan fingerprint density at radius 3 is 2.56 bits per heavy atom. The SMILES string of the molecule is CCN(Cc1ccccc1)C(=O)c1ccnc(NCc2ccccc2Cl)c1. The molecule has 0 fully saturated rings. The molecule has 0 spiro atoms. The molecular weight excluding hydrogens is 358 g/mol. The number of nitrogens with one attached hydrogen (secondary N) is 1. The van der Waals surface area contributed by atoms with Crippen molar-refractivity contribution in [2.45, 2.75) is 20.0 Å². The Balaban J connectivity index is 1.70. The van der Waals surface area contributed by atoms with Gasteiger partial charge in [0.2, 0.25) is 0 Å². The van der Waals surface area contributed by atoms with Gasteiger partial charge >= 0.3 is 0 Å². The third-order valence-electron chi connectivity index (χ3n) is 4.31. The van der Waals surface area contributed by atoms with Crippen molar-refractivity contribution in [3.05, 3.63) is 94.6 Å². The van der Waals surface area contributed by atoms with Gasteiger partial charge in [-0.25, -0.2) is 4.98 Å². The quantitative estimate of drug-likeness (QED) is 0.627. The summed E-state index contributed by atoms with van der Waals surface area (Å²) in [6, 6.07) is 21.2. The number of aromatic nitrogens is 1. The Labute approximate surface area is 164 Å². The molecule has 138 valence electrons. The van der Waals surface area contributed by atoms with Gasteiger partial charge in [-0.15, -0.1) is 0 Å². The first-order valence-corrected chi connectivity index (χ1v) is 9.31. The normalized spacial score (nSPS) is 10.4. The highest BCUT2D eigenvalue weighted by atomic mass is 35.5. The van der Waals surface area contributed by atoms with Crippen molar-refractivity contribution in [3.63, 3.8) is 0 Å². The van der Waals surface area contributed by atoms with Gasteiger partial charge in [0.15, 0.2) is 0 Å². The molecule has 0 aliphatic heterocycles. The van der Waals surface area contributed by atoms with Gasteiger partial charge in [-0.3, -0.25) is 4.79 Å². The molecule has 0 radical (unpaired) electrons. The summed E-state index contributed by atoms with van der Waals surface area (Å²) in [5.41, 5.74) is 2.71. The Bertz CT molecular complexity index is 899. The number of anilines is 1. The highest BCUT2D eigenvalue weighted by Gasteiger charge is 2.15. The van der Waals surface area contributed by atoms with Crippen LogP contribution in [0.4, 0.5) is 5.82 Å². The number of pyridine rings is 1. The van der Waals surface area contributed by atoms with E-state index in [4.69, 9.17) is 11.6 Å². The standard InChI is InChI=1S/C22H22ClN3O/c1-2-26(16-17-8-4-3-5-9-17)22(27)18-12-13-24-21(14-18)25-15-19-10-6-7-11-20(19)23/h3-14H,2,15-16H2,1H3,(H,24,25). The molecule has 3 rings (SSSR count). The highest BCUT2D eigenvalue weighted by Crippen LogP contribution is 2.17. The van der Waals surface area contributed by atoms with Crippen LogP contribution in [-0.2, 0) is 13.1 Å². The predicted octanol–water partition coefficient (Wildman–Crippen LogP) is 5.01. The third kappa shape index (κ3) is 5.08. The molecule has 0 saturated carbocycles. The smallest absolute Gasteiger partial charge is 0.254 e. The van der Waals surface area contributed by atoms with E-state index in [1.165, 1.54) is 0 Å². The van der Waals surface area contributed by atoms with Crippen LogP contribution in [0.25, 0.3) is 0 Å². The van der Waals surface area contributed by atoms with E-state index in [2.05, 4.69) is 10.3 Å². The zero-order valence-electron chi connectivity index (χ0n) is 15.2. The molecule has 5 heteroatoms. The van der Waals surface area contributed by atoms with Crippen molar-refractivity contribution >= 4 is 23.3 Å². The molecule has 1 N–H and O–H groups in total. The van der Waals surface area contributed by atoms with Gasteiger partial charge in [0, 0.05) is 36.4 Å². The van der Waals surface area contributed by atoms with E-state index in [-0.39, 0.29) is 5.91 Å². The van der Waals surface area contributed by atoms with Gasteiger partial charge < -0.3 is 10.2 Å². The lowest BCUT2D eigenvalue weighted by Crippen LogP contribution is -2.30. The number of amides is 1. The molecular formula is C22H22ClN3O. The molecule has 27 heavy (non-hydrogen) atoms. The molecule has 0 bridgehead atoms. The molecule has 0 aliphatic carbocycles. The fourth-order valence-electron chi connectivity index (χ4n) is 2.80. The number of benzene rings is 2. The average Bonchev–Trinajstić information content (AvgIpc) is 2.72. The second-order valence-corrected chi connectivity index (χ2v) is 6.59. The van der Waals surface area contributed by atoms with Crippen LogP contribution in [0.2, 0.25) is 5.02 Å². The van der Waals surface area contributed by atoms with Gasteiger partial charge in [0.1, 0.15) is 5.82 Å². The van der Waals surface area contributed by atoms with Crippen molar-refractivity contribution < 1.29 is 4.79 Å². The minimum Gasteiger partial charge on any atom is -0.366 e. The number of halogens is 1. The van der Waals surface area contributed by atoms with E-state index >= 15 is 0 Å². The molecule has 0 aliphatic rings. The van der Waals surface area contributed by atoms with Gasteiger partial charge in [0.05, 0.1) is 0 Å². The largest absolute Gasteiger partial charge is 0.366 e. The number of carbonyl (C=O) groups excluding carboxylic acids is 1. The maximum atomic E-state index is 12.9. The van der Waals surface area contributed by atoms with Crippen molar-refractivity contribution in [2.75, 3.05) is 11.9 Å². The van der Waals surface area contributed by atoms with E-state index in [9.17, 15) is 4.79 Å². The molecule has 1 aromatic heterocycles. The van der Waals surface area contributed by atoms with Crippen molar-refractivity contribution in [1.82, 2.24) is 9.88 Å². The Kier molecular flexibility index (Phi) is 6.44. The summed E-state index contributed by atoms with van der Waals surface area (Å²) in [5.74, 6) is 0.640. The van der Waals surface area contributed by atoms with E-state index in [1.807, 2.05) is 66.4 Å². The molecule has 4 nitrogen and oxygen atoms in total. The van der Waals surface area contributed by atoms with Gasteiger partial charge in [-0.2, -0.15) is 0 Å². The zero-order chi connectivity index (χ0) is 19.1. The van der Waals surface area contributed by atoms with Crippen molar-refractivity contribution in [1.29, 1.82) is 0 Å². The van der Waals surface area contributed by atoms with Gasteiger partial charge in [0.25, 0.3) is 5.91 Å². The topological polar surface area (TPSA) is 45.2 Å². The van der Waals surface area contributed by atoms with Crippen LogP contribution in [0, 0.1) is 0 Å². The second-order valence-electron chi connectivity index (χ2n) is 6.18. The Morgan fingerprint density at radius 1 is 1.07 bits per heavy atom. The molecule has 1 amide bonds. The number of carbonyl (C=O) groups is 1. The minimum absolute atomic E-state index is 0.00968. The van der Waals surface area contributed by atoms with Crippen LogP contribution >= 0.6 is 11.6 Å². The van der Waals surface area contributed by atoms with Crippen LogP contribution in [0.5, 0.6) is 0 Å². The van der Waals surface area contributed by atoms with E-state index in [1.54, 1.807) is 18.3 Å². The van der Waals surface area contributed by atoms with Crippen molar-refractivity contribution in [3.8, 4) is 0 Å². The summed E-state index contributed by atoms with van der Waals surface area (Å²) < 4.78 is 0. The fraction of sp³-hybridized carbons (Fsp3) is 0.182. The van der Waals surface area contributed by atoms with Gasteiger partial charge in [-0.1, -0.05) is 60.1 Å². The van der Waals surface area contributed by atoms with Crippen LogP contribution < -0.4 is 5.32 Å². The summed E-state index contributed by atoms with van der Waals surface area (Å²) in [5, 5.41) is 3.94. The number of hydrogen-bond donors (Lipinski definition) is 1. The first-order valence-electron chi connectivity index (χ1n) is 8.94. The first kappa shape index (κ1) is 18.9. The molecule has 3 aromatic rings. The number of rotatable bonds is 7. The summed E-state index contributed by atoms with van der Waals surface area (Å²) in [7, 11) is 0. The van der Waals surface area contributed by atoms with E-state index < -0.39 is 0 Å². The first-order chi connectivity index (χ1) is 13.2. The highest BCUT2D eigenvalue weighted by molar-refractivity contribution is 6.31. The third-order valence-corrected chi connectivity index (χ3v) is 4.68. The summed E-state index contributed by atoms with van der Waals surface area (Å²) in [4.78, 5) is 19.0. The lowest BCUT2D eigenvalue weighted by Gasteiger charge is -2.21. The van der Waals surface area contributed by atoms with E-state index in [0.717, 1.165) is 11.1 Å². The molecule has 0 unspecified atom stereocenters. The summed E-state index contributed by atoms with van der Waals surface area (Å²) >= 11 is 6.19. The lowest BCUT2D eigenvalue weighted by atomic mass is 10.1. The maximum absolute atomic E-state index is 12.9. The second kappa shape index (κ2) is 9.19. The molecule has 0 atom stereocenters. The maximum Gasteiger partial charge on any atom is 0.254 e. The van der Waals surface area contributed by atoms with Crippen LogP contribution in [0.15, 0.2) is 72.9 Å². The minimum atomic E-state index is -0.00968. The fourth-order valence-corrected chi connectivity index (χ4v) is 3.00. The van der Waals surface area contributed by atoms with E-state index in [0.29, 0.717) is 36.0 Å². The van der Waals surface area contributed by atoms with Crippen LogP contribution in [0.1, 0.15) is 28.4 Å². The average molecular weight is 380 g/mol. The number of nitrogens with zero attached hydrogens (tertiary/aromatic N) is 2.